The van der Waals surface area contributed by atoms with E-state index in [0.717, 1.165) is 41.8 Å². The fourth-order valence-electron chi connectivity index (χ4n) is 3.48. The topological polar surface area (TPSA) is 85.1 Å². The van der Waals surface area contributed by atoms with E-state index in [0.29, 0.717) is 12.8 Å². The van der Waals surface area contributed by atoms with Crippen LogP contribution < -0.4 is 5.32 Å². The maximum Gasteiger partial charge on any atom is 0.269 e. The minimum absolute atomic E-state index is 0.00280. The van der Waals surface area contributed by atoms with Gasteiger partial charge in [-0.15, -0.1) is 0 Å². The van der Waals surface area contributed by atoms with Gasteiger partial charge in [0.1, 0.15) is 0 Å². The second kappa shape index (κ2) is 7.23. The number of amides is 1. The molecule has 1 aromatic carbocycles. The van der Waals surface area contributed by atoms with Gasteiger partial charge in [0.2, 0.25) is 5.91 Å². The quantitative estimate of drug-likeness (QED) is 0.633. The average molecular weight is 353 g/mol. The standard InChI is InChI=1S/C20H23N3O3/c1-14-4-5-16(15(2)21-14)6-11-19(24)22-20(12-3-13-20)17-7-9-18(10-8-17)23(25)26/h4-5,7-10H,3,6,11-13H2,1-2H3,(H,22,24). The van der Waals surface area contributed by atoms with Crippen molar-refractivity contribution >= 4 is 11.6 Å². The van der Waals surface area contributed by atoms with Crippen LogP contribution in [0, 0.1) is 24.0 Å². The maximum atomic E-state index is 12.5. The molecule has 2 aromatic rings. The highest BCUT2D eigenvalue weighted by Gasteiger charge is 2.40. The van der Waals surface area contributed by atoms with Gasteiger partial charge in [-0.3, -0.25) is 19.9 Å². The van der Waals surface area contributed by atoms with Crippen LogP contribution in [0.3, 0.4) is 0 Å². The Kier molecular flexibility index (Phi) is 5.02. The van der Waals surface area contributed by atoms with Gasteiger partial charge in [0.25, 0.3) is 5.69 Å². The van der Waals surface area contributed by atoms with E-state index >= 15 is 0 Å². The van der Waals surface area contributed by atoms with E-state index in [-0.39, 0.29) is 17.1 Å². The smallest absolute Gasteiger partial charge is 0.269 e. The number of hydrogen-bond acceptors (Lipinski definition) is 4. The van der Waals surface area contributed by atoms with Crippen LogP contribution in [0.25, 0.3) is 0 Å². The Bertz CT molecular complexity index is 827. The van der Waals surface area contributed by atoms with Crippen molar-refractivity contribution in [3.8, 4) is 0 Å². The van der Waals surface area contributed by atoms with Crippen molar-refractivity contribution in [1.82, 2.24) is 10.3 Å². The van der Waals surface area contributed by atoms with E-state index in [1.165, 1.54) is 12.1 Å². The van der Waals surface area contributed by atoms with E-state index in [1.807, 2.05) is 26.0 Å². The minimum Gasteiger partial charge on any atom is -0.347 e. The molecule has 3 rings (SSSR count). The summed E-state index contributed by atoms with van der Waals surface area (Å²) in [6, 6.07) is 10.5. The third-order valence-electron chi connectivity index (χ3n) is 5.17. The molecule has 0 atom stereocenters. The Hall–Kier alpha value is -2.76. The number of nitro groups is 1. The number of benzene rings is 1. The normalized spacial score (nSPS) is 15.2. The lowest BCUT2D eigenvalue weighted by molar-refractivity contribution is -0.384. The van der Waals surface area contributed by atoms with Gasteiger partial charge in [0.15, 0.2) is 0 Å². The molecule has 6 heteroatoms. The number of rotatable bonds is 6. The lowest BCUT2D eigenvalue weighted by Crippen LogP contribution is -2.50. The minimum atomic E-state index is -0.409. The van der Waals surface area contributed by atoms with E-state index < -0.39 is 4.92 Å². The Labute approximate surface area is 152 Å². The number of aromatic nitrogens is 1. The number of carbonyl (C=O) groups excluding carboxylic acids is 1. The molecule has 1 fully saturated rings. The van der Waals surface area contributed by atoms with Crippen LogP contribution in [0.1, 0.15) is 48.2 Å². The summed E-state index contributed by atoms with van der Waals surface area (Å²) < 4.78 is 0. The first-order valence-electron chi connectivity index (χ1n) is 8.89. The summed E-state index contributed by atoms with van der Waals surface area (Å²) in [6.07, 6.45) is 3.82. The van der Waals surface area contributed by atoms with Crippen molar-refractivity contribution in [3.05, 3.63) is 69.0 Å². The molecule has 136 valence electrons. The number of nitrogens with one attached hydrogen (secondary N) is 1. The summed E-state index contributed by atoms with van der Waals surface area (Å²) in [5, 5.41) is 14.0. The fourth-order valence-corrected chi connectivity index (χ4v) is 3.48. The molecule has 0 saturated heterocycles. The summed E-state index contributed by atoms with van der Waals surface area (Å²) in [5.41, 5.74) is 3.65. The molecule has 6 nitrogen and oxygen atoms in total. The monoisotopic (exact) mass is 353 g/mol. The molecule has 0 unspecified atom stereocenters. The fraction of sp³-hybridized carbons (Fsp3) is 0.400. The van der Waals surface area contributed by atoms with Crippen molar-refractivity contribution in [2.24, 2.45) is 0 Å². The van der Waals surface area contributed by atoms with E-state index in [1.54, 1.807) is 12.1 Å². The lowest BCUT2D eigenvalue weighted by Gasteiger charge is -2.43. The molecule has 0 radical (unpaired) electrons. The van der Waals surface area contributed by atoms with Gasteiger partial charge >= 0.3 is 0 Å². The molecule has 1 N–H and O–H groups in total. The first kappa shape index (κ1) is 18.0. The molecule has 1 aliphatic carbocycles. The zero-order valence-electron chi connectivity index (χ0n) is 15.1. The van der Waals surface area contributed by atoms with E-state index in [2.05, 4.69) is 10.3 Å². The van der Waals surface area contributed by atoms with Gasteiger partial charge in [-0.1, -0.05) is 6.07 Å². The summed E-state index contributed by atoms with van der Waals surface area (Å²) in [4.78, 5) is 27.4. The third kappa shape index (κ3) is 3.74. The highest BCUT2D eigenvalue weighted by molar-refractivity contribution is 5.77. The number of carbonyl (C=O) groups is 1. The summed E-state index contributed by atoms with van der Waals surface area (Å²) in [5.74, 6) is 0.00280. The lowest BCUT2D eigenvalue weighted by atomic mass is 9.71. The number of pyridine rings is 1. The van der Waals surface area contributed by atoms with Crippen LogP contribution in [0.4, 0.5) is 5.69 Å². The summed E-state index contributed by atoms with van der Waals surface area (Å²) in [6.45, 7) is 3.92. The molecule has 1 aliphatic rings. The van der Waals surface area contributed by atoms with E-state index in [9.17, 15) is 14.9 Å². The summed E-state index contributed by atoms with van der Waals surface area (Å²) in [7, 11) is 0. The number of non-ortho nitro benzene ring substituents is 1. The third-order valence-corrected chi connectivity index (χ3v) is 5.17. The van der Waals surface area contributed by atoms with Crippen LogP contribution in [0.5, 0.6) is 0 Å². The first-order chi connectivity index (χ1) is 12.4. The molecule has 1 amide bonds. The van der Waals surface area contributed by atoms with Gasteiger partial charge in [-0.2, -0.15) is 0 Å². The van der Waals surface area contributed by atoms with Gasteiger partial charge in [-0.05, 0) is 68.9 Å². The van der Waals surface area contributed by atoms with Crippen LogP contribution in [0.2, 0.25) is 0 Å². The average Bonchev–Trinajstić information content (AvgIpc) is 2.57. The molecule has 1 saturated carbocycles. The van der Waals surface area contributed by atoms with Crippen molar-refractivity contribution in [2.45, 2.75) is 51.5 Å². The Balaban J connectivity index is 1.65. The van der Waals surface area contributed by atoms with Gasteiger partial charge in [-0.25, -0.2) is 0 Å². The molecular weight excluding hydrogens is 330 g/mol. The van der Waals surface area contributed by atoms with Gasteiger partial charge in [0.05, 0.1) is 10.5 Å². The second-order valence-corrected chi connectivity index (χ2v) is 6.98. The van der Waals surface area contributed by atoms with E-state index in [4.69, 9.17) is 0 Å². The van der Waals surface area contributed by atoms with Crippen LogP contribution >= 0.6 is 0 Å². The van der Waals surface area contributed by atoms with Gasteiger partial charge < -0.3 is 5.32 Å². The highest BCUT2D eigenvalue weighted by atomic mass is 16.6. The van der Waals surface area contributed by atoms with Crippen molar-refractivity contribution in [2.75, 3.05) is 0 Å². The largest absolute Gasteiger partial charge is 0.347 e. The van der Waals surface area contributed by atoms with Crippen molar-refractivity contribution in [3.63, 3.8) is 0 Å². The van der Waals surface area contributed by atoms with Gasteiger partial charge in [0, 0.05) is 29.9 Å². The van der Waals surface area contributed by atoms with Crippen molar-refractivity contribution in [1.29, 1.82) is 0 Å². The Morgan fingerprint density at radius 2 is 1.88 bits per heavy atom. The predicted molar refractivity (Wildman–Crippen MR) is 98.8 cm³/mol. The molecule has 0 aliphatic heterocycles. The molecule has 1 aromatic heterocycles. The molecule has 1 heterocycles. The zero-order chi connectivity index (χ0) is 18.7. The highest BCUT2D eigenvalue weighted by Crippen LogP contribution is 2.41. The number of hydrogen-bond donors (Lipinski definition) is 1. The maximum absolute atomic E-state index is 12.5. The Morgan fingerprint density at radius 1 is 1.19 bits per heavy atom. The zero-order valence-corrected chi connectivity index (χ0v) is 15.1. The van der Waals surface area contributed by atoms with Crippen LogP contribution in [0.15, 0.2) is 36.4 Å². The predicted octanol–water partition coefficient (Wildman–Crippen LogP) is 3.73. The molecule has 0 spiro atoms. The van der Waals surface area contributed by atoms with Crippen LogP contribution in [-0.2, 0) is 16.8 Å². The van der Waals surface area contributed by atoms with Crippen LogP contribution in [-0.4, -0.2) is 15.8 Å². The first-order valence-corrected chi connectivity index (χ1v) is 8.89. The Morgan fingerprint density at radius 3 is 2.42 bits per heavy atom. The molecule has 0 bridgehead atoms. The number of aryl methyl sites for hydroxylation is 3. The second-order valence-electron chi connectivity index (χ2n) is 6.98. The number of nitro benzene ring substituents is 1. The molecule has 26 heavy (non-hydrogen) atoms. The SMILES string of the molecule is Cc1ccc(CCC(=O)NC2(c3ccc([N+](=O)[O-])cc3)CCC2)c(C)n1. The number of nitrogens with zero attached hydrogens (tertiary/aromatic N) is 2. The summed E-state index contributed by atoms with van der Waals surface area (Å²) >= 11 is 0. The van der Waals surface area contributed by atoms with Crippen molar-refractivity contribution < 1.29 is 9.72 Å². The molecular formula is C20H23N3O3.